The monoisotopic (exact) mass is 308 g/mol. The molecule has 0 aliphatic carbocycles. The number of hydrogen-bond donors (Lipinski definition) is 3. The third-order valence-electron chi connectivity index (χ3n) is 3.72. The molecule has 23 heavy (non-hydrogen) atoms. The van der Waals surface area contributed by atoms with Crippen LogP contribution in [0.15, 0.2) is 42.5 Å². The van der Waals surface area contributed by atoms with Gasteiger partial charge in [0.05, 0.1) is 17.2 Å². The number of para-hydroxylation sites is 1. The van der Waals surface area contributed by atoms with Gasteiger partial charge in [0.1, 0.15) is 5.52 Å². The Hall–Kier alpha value is -2.82. The summed E-state index contributed by atoms with van der Waals surface area (Å²) in [6, 6.07) is 14.2. The molecule has 0 saturated heterocycles. The van der Waals surface area contributed by atoms with E-state index in [4.69, 9.17) is 0 Å². The summed E-state index contributed by atoms with van der Waals surface area (Å²) in [6.07, 6.45) is 0. The van der Waals surface area contributed by atoms with Gasteiger partial charge in [0, 0.05) is 6.92 Å². The Kier molecular flexibility index (Phi) is 4.02. The van der Waals surface area contributed by atoms with E-state index >= 15 is 0 Å². The predicted molar refractivity (Wildman–Crippen MR) is 93.6 cm³/mol. The van der Waals surface area contributed by atoms with Gasteiger partial charge >= 0.3 is 0 Å². The van der Waals surface area contributed by atoms with Crippen molar-refractivity contribution in [1.29, 1.82) is 0 Å². The van der Waals surface area contributed by atoms with Gasteiger partial charge in [-0.1, -0.05) is 35.9 Å². The molecule has 1 heterocycles. The summed E-state index contributed by atoms with van der Waals surface area (Å²) in [5.74, 6) is 0.579. The summed E-state index contributed by atoms with van der Waals surface area (Å²) in [5, 5.41) is 6.18. The smallest absolute Gasteiger partial charge is 0.221 e. The number of H-pyrrole nitrogens is 1. The van der Waals surface area contributed by atoms with E-state index in [0.717, 1.165) is 11.0 Å². The van der Waals surface area contributed by atoms with Crippen LogP contribution in [-0.4, -0.2) is 15.9 Å². The number of amides is 1. The lowest BCUT2D eigenvalue weighted by Crippen LogP contribution is -2.08. The molecule has 1 amide bonds. The number of anilines is 2. The maximum atomic E-state index is 11.3. The van der Waals surface area contributed by atoms with Gasteiger partial charge in [-0.3, -0.25) is 4.79 Å². The second-order valence-corrected chi connectivity index (χ2v) is 5.75. The third-order valence-corrected chi connectivity index (χ3v) is 3.72. The van der Waals surface area contributed by atoms with Crippen LogP contribution in [0.25, 0.3) is 11.0 Å². The van der Waals surface area contributed by atoms with Crippen molar-refractivity contribution in [1.82, 2.24) is 9.97 Å². The zero-order chi connectivity index (χ0) is 16.4. The molecular weight excluding hydrogens is 288 g/mol. The first-order valence-electron chi connectivity index (χ1n) is 7.62. The average Bonchev–Trinajstić information content (AvgIpc) is 2.90. The van der Waals surface area contributed by atoms with Gasteiger partial charge in [-0.15, -0.1) is 0 Å². The van der Waals surface area contributed by atoms with Crippen molar-refractivity contribution in [2.45, 2.75) is 26.8 Å². The van der Waals surface area contributed by atoms with Crippen molar-refractivity contribution in [3.05, 3.63) is 53.6 Å². The van der Waals surface area contributed by atoms with Crippen LogP contribution in [0.2, 0.25) is 0 Å². The first-order valence-corrected chi connectivity index (χ1v) is 7.62. The SMILES string of the molecule is CC(=O)Nc1cccc2[nH]c(N[C@@H](C)c3cccc(C)c3)nc12. The van der Waals surface area contributed by atoms with Gasteiger partial charge in [-0.2, -0.15) is 0 Å². The molecule has 0 fully saturated rings. The number of aromatic amines is 1. The first kappa shape index (κ1) is 15.1. The summed E-state index contributed by atoms with van der Waals surface area (Å²) < 4.78 is 0. The number of carbonyl (C=O) groups is 1. The molecule has 0 unspecified atom stereocenters. The molecule has 5 nitrogen and oxygen atoms in total. The number of imidazole rings is 1. The van der Waals surface area contributed by atoms with E-state index in [1.807, 2.05) is 18.2 Å². The summed E-state index contributed by atoms with van der Waals surface area (Å²) in [7, 11) is 0. The number of carbonyl (C=O) groups excluding carboxylic acids is 1. The number of hydrogen-bond acceptors (Lipinski definition) is 3. The maximum absolute atomic E-state index is 11.3. The number of aryl methyl sites for hydroxylation is 1. The molecule has 0 spiro atoms. The van der Waals surface area contributed by atoms with Crippen LogP contribution in [0.3, 0.4) is 0 Å². The highest BCUT2D eigenvalue weighted by Gasteiger charge is 2.11. The van der Waals surface area contributed by atoms with Crippen molar-refractivity contribution in [3.8, 4) is 0 Å². The lowest BCUT2D eigenvalue weighted by atomic mass is 10.1. The standard InChI is InChI=1S/C18H20N4O/c1-11-6-4-7-14(10-11)12(2)19-18-21-16-9-5-8-15(17(16)22-18)20-13(3)23/h4-10,12H,1-3H3,(H,20,23)(H2,19,21,22)/t12-/m0/s1. The molecule has 1 atom stereocenters. The highest BCUT2D eigenvalue weighted by molar-refractivity contribution is 5.99. The normalized spacial score (nSPS) is 12.1. The number of nitrogens with one attached hydrogen (secondary N) is 3. The van der Waals surface area contributed by atoms with Gasteiger partial charge in [0.2, 0.25) is 11.9 Å². The minimum absolute atomic E-state index is 0.108. The van der Waals surface area contributed by atoms with Crippen molar-refractivity contribution >= 4 is 28.6 Å². The Balaban J connectivity index is 1.87. The van der Waals surface area contributed by atoms with Crippen LogP contribution in [0.1, 0.15) is 31.0 Å². The van der Waals surface area contributed by atoms with Crippen molar-refractivity contribution in [2.24, 2.45) is 0 Å². The maximum Gasteiger partial charge on any atom is 0.221 e. The number of aromatic nitrogens is 2. The molecule has 0 saturated carbocycles. The fourth-order valence-electron chi connectivity index (χ4n) is 2.62. The van der Waals surface area contributed by atoms with Crippen LogP contribution in [0.4, 0.5) is 11.6 Å². The van der Waals surface area contributed by atoms with Crippen LogP contribution in [0, 0.1) is 6.92 Å². The summed E-state index contributed by atoms with van der Waals surface area (Å²) in [5.41, 5.74) is 4.78. The molecule has 0 bridgehead atoms. The van der Waals surface area contributed by atoms with Crippen LogP contribution in [0.5, 0.6) is 0 Å². The van der Waals surface area contributed by atoms with E-state index in [-0.39, 0.29) is 11.9 Å². The molecule has 0 radical (unpaired) electrons. The average molecular weight is 308 g/mol. The van der Waals surface area contributed by atoms with Gasteiger partial charge in [0.15, 0.2) is 0 Å². The van der Waals surface area contributed by atoms with E-state index in [1.54, 1.807) is 0 Å². The Morgan fingerprint density at radius 3 is 2.74 bits per heavy atom. The molecule has 0 aliphatic rings. The second-order valence-electron chi connectivity index (χ2n) is 5.75. The minimum atomic E-state index is -0.108. The molecule has 118 valence electrons. The molecule has 1 aromatic heterocycles. The second kappa shape index (κ2) is 6.12. The number of fused-ring (bicyclic) bond motifs is 1. The van der Waals surface area contributed by atoms with Gasteiger partial charge in [-0.25, -0.2) is 4.98 Å². The van der Waals surface area contributed by atoms with Gasteiger partial charge < -0.3 is 15.6 Å². The van der Waals surface area contributed by atoms with Crippen molar-refractivity contribution < 1.29 is 4.79 Å². The quantitative estimate of drug-likeness (QED) is 0.682. The third kappa shape index (κ3) is 3.34. The highest BCUT2D eigenvalue weighted by Crippen LogP contribution is 2.25. The van der Waals surface area contributed by atoms with E-state index in [1.165, 1.54) is 18.1 Å². The highest BCUT2D eigenvalue weighted by atomic mass is 16.1. The zero-order valence-electron chi connectivity index (χ0n) is 13.5. The minimum Gasteiger partial charge on any atom is -0.349 e. The van der Waals surface area contributed by atoms with Crippen molar-refractivity contribution in [3.63, 3.8) is 0 Å². The molecule has 0 aliphatic heterocycles. The number of benzene rings is 2. The first-order chi connectivity index (χ1) is 11.0. The van der Waals surface area contributed by atoms with E-state index in [2.05, 4.69) is 58.7 Å². The number of nitrogens with zero attached hydrogens (tertiary/aromatic N) is 1. The van der Waals surface area contributed by atoms with E-state index in [0.29, 0.717) is 11.6 Å². The predicted octanol–water partition coefficient (Wildman–Crippen LogP) is 4.00. The molecule has 3 N–H and O–H groups in total. The molecule has 3 rings (SSSR count). The summed E-state index contributed by atoms with van der Waals surface area (Å²) in [6.45, 7) is 5.66. The largest absolute Gasteiger partial charge is 0.349 e. The fourth-order valence-corrected chi connectivity index (χ4v) is 2.62. The van der Waals surface area contributed by atoms with Crippen LogP contribution >= 0.6 is 0 Å². The Labute approximate surface area is 135 Å². The number of rotatable bonds is 4. The van der Waals surface area contributed by atoms with Crippen molar-refractivity contribution in [2.75, 3.05) is 10.6 Å². The lowest BCUT2D eigenvalue weighted by molar-refractivity contribution is -0.114. The Morgan fingerprint density at radius 1 is 1.22 bits per heavy atom. The zero-order valence-corrected chi connectivity index (χ0v) is 13.5. The summed E-state index contributed by atoms with van der Waals surface area (Å²) >= 11 is 0. The molecule has 2 aromatic carbocycles. The Morgan fingerprint density at radius 2 is 2.00 bits per heavy atom. The van der Waals surface area contributed by atoms with Gasteiger partial charge in [0.25, 0.3) is 0 Å². The van der Waals surface area contributed by atoms with Crippen LogP contribution in [-0.2, 0) is 4.79 Å². The molecular formula is C18H20N4O. The topological polar surface area (TPSA) is 69.8 Å². The van der Waals surface area contributed by atoms with E-state index < -0.39 is 0 Å². The van der Waals surface area contributed by atoms with Gasteiger partial charge in [-0.05, 0) is 31.5 Å². The molecule has 3 aromatic rings. The Bertz CT molecular complexity index is 853. The van der Waals surface area contributed by atoms with Crippen LogP contribution < -0.4 is 10.6 Å². The fraction of sp³-hybridized carbons (Fsp3) is 0.222. The lowest BCUT2D eigenvalue weighted by Gasteiger charge is -2.13. The summed E-state index contributed by atoms with van der Waals surface area (Å²) in [4.78, 5) is 19.1. The van der Waals surface area contributed by atoms with E-state index in [9.17, 15) is 4.79 Å². The molecule has 5 heteroatoms.